The van der Waals surface area contributed by atoms with Crippen LogP contribution in [0.15, 0.2) is 23.9 Å². The Labute approximate surface area is 114 Å². The van der Waals surface area contributed by atoms with Crippen LogP contribution in [0.25, 0.3) is 0 Å². The zero-order valence-corrected chi connectivity index (χ0v) is 9.90. The molecule has 0 aliphatic carbocycles. The van der Waals surface area contributed by atoms with Crippen molar-refractivity contribution in [2.45, 2.75) is 6.18 Å². The number of hydrogen-bond acceptors (Lipinski definition) is 5. The highest BCUT2D eigenvalue weighted by Gasteiger charge is 2.36. The standard InChI is InChI=1S/C11H4F4N4O2/c12-8-2-9(18-5-6(3-16)4-17)10(19(20)21)1-7(8)11(13,14)15/h1-2,5,18H. The van der Waals surface area contributed by atoms with Crippen molar-refractivity contribution in [3.05, 3.63) is 45.4 Å². The van der Waals surface area contributed by atoms with Crippen LogP contribution in [0.5, 0.6) is 0 Å². The van der Waals surface area contributed by atoms with E-state index in [1.54, 1.807) is 0 Å². The minimum atomic E-state index is -5.09. The minimum absolute atomic E-state index is 0.0317. The van der Waals surface area contributed by atoms with Crippen LogP contribution < -0.4 is 5.32 Å². The molecular formula is C11H4F4N4O2. The van der Waals surface area contributed by atoms with Crippen molar-refractivity contribution in [3.63, 3.8) is 0 Å². The molecule has 1 rings (SSSR count). The molecule has 0 heterocycles. The van der Waals surface area contributed by atoms with E-state index in [1.807, 2.05) is 0 Å². The molecular weight excluding hydrogens is 296 g/mol. The number of nitriles is 2. The molecule has 1 aromatic carbocycles. The van der Waals surface area contributed by atoms with Crippen LogP contribution in [-0.2, 0) is 6.18 Å². The van der Waals surface area contributed by atoms with Gasteiger partial charge < -0.3 is 5.32 Å². The van der Waals surface area contributed by atoms with Crippen LogP contribution in [0.4, 0.5) is 28.9 Å². The number of nitro groups is 1. The van der Waals surface area contributed by atoms with E-state index in [0.717, 1.165) is 6.20 Å². The maximum absolute atomic E-state index is 13.3. The monoisotopic (exact) mass is 300 g/mol. The Morgan fingerprint density at radius 2 is 1.90 bits per heavy atom. The van der Waals surface area contributed by atoms with Crippen molar-refractivity contribution in [2.75, 3.05) is 5.32 Å². The Morgan fingerprint density at radius 3 is 2.33 bits per heavy atom. The third-order valence-corrected chi connectivity index (χ3v) is 2.20. The van der Waals surface area contributed by atoms with Crippen LogP contribution in [0.1, 0.15) is 5.56 Å². The van der Waals surface area contributed by atoms with Gasteiger partial charge in [-0.1, -0.05) is 0 Å². The fourth-order valence-corrected chi connectivity index (χ4v) is 1.29. The molecule has 0 aliphatic heterocycles. The molecule has 0 radical (unpaired) electrons. The quantitative estimate of drug-likeness (QED) is 0.400. The van der Waals surface area contributed by atoms with E-state index in [-0.39, 0.29) is 12.1 Å². The van der Waals surface area contributed by atoms with E-state index >= 15 is 0 Å². The molecule has 10 heteroatoms. The van der Waals surface area contributed by atoms with Gasteiger partial charge >= 0.3 is 6.18 Å². The van der Waals surface area contributed by atoms with Crippen molar-refractivity contribution < 1.29 is 22.5 Å². The predicted octanol–water partition coefficient (Wildman–Crippen LogP) is 3.10. The van der Waals surface area contributed by atoms with Crippen molar-refractivity contribution in [1.29, 1.82) is 10.5 Å². The number of nitro benzene ring substituents is 1. The zero-order valence-electron chi connectivity index (χ0n) is 9.90. The third kappa shape index (κ3) is 3.67. The smallest absolute Gasteiger partial charge is 0.354 e. The van der Waals surface area contributed by atoms with Gasteiger partial charge in [0.05, 0.1) is 10.5 Å². The highest BCUT2D eigenvalue weighted by atomic mass is 19.4. The predicted molar refractivity (Wildman–Crippen MR) is 61.0 cm³/mol. The summed E-state index contributed by atoms with van der Waals surface area (Å²) in [5.41, 5.74) is -3.95. The van der Waals surface area contributed by atoms with Gasteiger partial charge in [-0.15, -0.1) is 0 Å². The normalized spacial score (nSPS) is 10.2. The summed E-state index contributed by atoms with van der Waals surface area (Å²) in [6.45, 7) is 0. The van der Waals surface area contributed by atoms with Crippen molar-refractivity contribution in [1.82, 2.24) is 0 Å². The lowest BCUT2D eigenvalue weighted by Crippen LogP contribution is -2.10. The SMILES string of the molecule is N#CC(C#N)=CNc1cc(F)c(C(F)(F)F)cc1[N+](=O)[O-]. The second-order valence-electron chi connectivity index (χ2n) is 3.53. The zero-order chi connectivity index (χ0) is 16.2. The van der Waals surface area contributed by atoms with Crippen molar-refractivity contribution >= 4 is 11.4 Å². The molecule has 0 aliphatic rings. The van der Waals surface area contributed by atoms with Gasteiger partial charge in [-0.2, -0.15) is 23.7 Å². The van der Waals surface area contributed by atoms with Gasteiger partial charge in [-0.25, -0.2) is 4.39 Å². The Hall–Kier alpha value is -3.14. The first-order chi connectivity index (χ1) is 9.70. The number of nitrogens with zero attached hydrogens (tertiary/aromatic N) is 3. The van der Waals surface area contributed by atoms with Crippen molar-refractivity contribution in [2.24, 2.45) is 0 Å². The summed E-state index contributed by atoms with van der Waals surface area (Å²) in [6, 6.07) is 3.13. The average molecular weight is 300 g/mol. The second-order valence-corrected chi connectivity index (χ2v) is 3.53. The Kier molecular flexibility index (Phi) is 4.46. The number of rotatable bonds is 3. The number of benzene rings is 1. The molecule has 1 N–H and O–H groups in total. The fraction of sp³-hybridized carbons (Fsp3) is 0.0909. The summed E-state index contributed by atoms with van der Waals surface area (Å²) >= 11 is 0. The molecule has 108 valence electrons. The van der Waals surface area contributed by atoms with Gasteiger partial charge in [-0.05, 0) is 0 Å². The number of alkyl halides is 3. The van der Waals surface area contributed by atoms with Gasteiger partial charge in [0.15, 0.2) is 0 Å². The van der Waals surface area contributed by atoms with Gasteiger partial charge in [0, 0.05) is 18.3 Å². The van der Waals surface area contributed by atoms with Gasteiger partial charge in [0.1, 0.15) is 29.2 Å². The maximum atomic E-state index is 13.3. The average Bonchev–Trinajstić information content (AvgIpc) is 2.38. The molecule has 0 saturated carbocycles. The van der Waals surface area contributed by atoms with E-state index in [1.165, 1.54) is 12.1 Å². The van der Waals surface area contributed by atoms with Gasteiger partial charge in [0.25, 0.3) is 5.69 Å². The molecule has 6 nitrogen and oxygen atoms in total. The largest absolute Gasteiger partial charge is 0.419 e. The summed E-state index contributed by atoms with van der Waals surface area (Å²) in [4.78, 5) is 9.57. The van der Waals surface area contributed by atoms with E-state index in [0.29, 0.717) is 0 Å². The number of halogens is 4. The molecule has 0 amide bonds. The lowest BCUT2D eigenvalue weighted by molar-refractivity contribution is -0.384. The topological polar surface area (TPSA) is 103 Å². The van der Waals surface area contributed by atoms with Crippen LogP contribution in [0.3, 0.4) is 0 Å². The van der Waals surface area contributed by atoms with Crippen LogP contribution in [-0.4, -0.2) is 4.92 Å². The Morgan fingerprint density at radius 1 is 1.33 bits per heavy atom. The lowest BCUT2D eigenvalue weighted by Gasteiger charge is -2.10. The molecule has 0 aromatic heterocycles. The van der Waals surface area contributed by atoms with Crippen molar-refractivity contribution in [3.8, 4) is 12.1 Å². The molecule has 0 atom stereocenters. The summed E-state index contributed by atoms with van der Waals surface area (Å²) in [5.74, 6) is -1.72. The Bertz CT molecular complexity index is 682. The summed E-state index contributed by atoms with van der Waals surface area (Å²) < 4.78 is 50.7. The molecule has 0 bridgehead atoms. The molecule has 0 fully saturated rings. The first-order valence-corrected chi connectivity index (χ1v) is 5.02. The van der Waals surface area contributed by atoms with Crippen LogP contribution in [0.2, 0.25) is 0 Å². The van der Waals surface area contributed by atoms with Gasteiger partial charge in [-0.3, -0.25) is 10.1 Å². The molecule has 0 unspecified atom stereocenters. The van der Waals surface area contributed by atoms with Gasteiger partial charge in [0.2, 0.25) is 0 Å². The number of anilines is 1. The van der Waals surface area contributed by atoms with E-state index in [9.17, 15) is 27.7 Å². The highest BCUT2D eigenvalue weighted by Crippen LogP contribution is 2.37. The first-order valence-electron chi connectivity index (χ1n) is 5.02. The van der Waals surface area contributed by atoms with Crippen LogP contribution >= 0.6 is 0 Å². The molecule has 21 heavy (non-hydrogen) atoms. The molecule has 0 spiro atoms. The summed E-state index contributed by atoms with van der Waals surface area (Å²) in [6.07, 6.45) is -4.37. The first kappa shape index (κ1) is 15.9. The molecule has 0 saturated heterocycles. The summed E-state index contributed by atoms with van der Waals surface area (Å²) in [7, 11) is 0. The third-order valence-electron chi connectivity index (χ3n) is 2.20. The summed E-state index contributed by atoms with van der Waals surface area (Å²) in [5, 5.41) is 29.7. The molecule has 1 aromatic rings. The fourth-order valence-electron chi connectivity index (χ4n) is 1.29. The van der Waals surface area contributed by atoms with Crippen LogP contribution in [0, 0.1) is 38.6 Å². The lowest BCUT2D eigenvalue weighted by atomic mass is 10.1. The van der Waals surface area contributed by atoms with E-state index in [2.05, 4.69) is 5.32 Å². The minimum Gasteiger partial charge on any atom is -0.354 e. The highest BCUT2D eigenvalue weighted by molar-refractivity contribution is 5.65. The number of hydrogen-bond donors (Lipinski definition) is 1. The number of nitrogens with one attached hydrogen (secondary N) is 1. The Balaban J connectivity index is 3.39. The van der Waals surface area contributed by atoms with E-state index < -0.39 is 39.4 Å². The second kappa shape index (κ2) is 5.88. The maximum Gasteiger partial charge on any atom is 0.419 e. The van der Waals surface area contributed by atoms with E-state index in [4.69, 9.17) is 10.5 Å². The number of allylic oxidation sites excluding steroid dienone is 1.